The van der Waals surface area contributed by atoms with E-state index in [0.717, 1.165) is 29.5 Å². The van der Waals surface area contributed by atoms with Gasteiger partial charge < -0.3 is 10.2 Å². The van der Waals surface area contributed by atoms with Crippen molar-refractivity contribution in [2.24, 2.45) is 7.05 Å². The third-order valence-electron chi connectivity index (χ3n) is 4.45. The molecule has 24 heavy (non-hydrogen) atoms. The van der Waals surface area contributed by atoms with E-state index in [2.05, 4.69) is 10.4 Å². The first-order valence-electron chi connectivity index (χ1n) is 8.18. The third-order valence-corrected chi connectivity index (χ3v) is 4.45. The fourth-order valence-electron chi connectivity index (χ4n) is 3.23. The van der Waals surface area contributed by atoms with Crippen molar-refractivity contribution in [1.82, 2.24) is 20.0 Å². The van der Waals surface area contributed by atoms with Crippen LogP contribution in [0, 0.1) is 0 Å². The second-order valence-corrected chi connectivity index (χ2v) is 6.15. The summed E-state index contributed by atoms with van der Waals surface area (Å²) in [6.07, 6.45) is 5.38. The number of amides is 2. The lowest BCUT2D eigenvalue weighted by atomic mass is 10.0. The van der Waals surface area contributed by atoms with Crippen molar-refractivity contribution in [2.75, 3.05) is 6.54 Å². The summed E-state index contributed by atoms with van der Waals surface area (Å²) >= 11 is 0. The summed E-state index contributed by atoms with van der Waals surface area (Å²) < 4.78 is 1.76. The molecule has 1 aromatic carbocycles. The minimum atomic E-state index is -0.340. The molecule has 0 aliphatic carbocycles. The van der Waals surface area contributed by atoms with Gasteiger partial charge in [-0.2, -0.15) is 5.10 Å². The van der Waals surface area contributed by atoms with Gasteiger partial charge in [0.05, 0.1) is 6.20 Å². The summed E-state index contributed by atoms with van der Waals surface area (Å²) in [5.74, 6) is -0.118. The number of carbonyl (C=O) groups excluding carboxylic acids is 2. The van der Waals surface area contributed by atoms with Crippen LogP contribution in [-0.4, -0.2) is 39.1 Å². The van der Waals surface area contributed by atoms with Gasteiger partial charge in [0, 0.05) is 38.8 Å². The summed E-state index contributed by atoms with van der Waals surface area (Å²) in [6.45, 7) is 2.62. The molecule has 1 saturated heterocycles. The second kappa shape index (κ2) is 6.86. The zero-order valence-corrected chi connectivity index (χ0v) is 14.0. The Balaban J connectivity index is 1.71. The maximum absolute atomic E-state index is 12.5. The van der Waals surface area contributed by atoms with Crippen LogP contribution in [0.4, 0.5) is 0 Å². The Morgan fingerprint density at radius 1 is 1.33 bits per heavy atom. The summed E-state index contributed by atoms with van der Waals surface area (Å²) in [7, 11) is 1.88. The molecule has 1 aliphatic rings. The molecule has 1 unspecified atom stereocenters. The first-order chi connectivity index (χ1) is 11.6. The highest BCUT2D eigenvalue weighted by atomic mass is 16.2. The number of aromatic nitrogens is 2. The monoisotopic (exact) mass is 326 g/mol. The van der Waals surface area contributed by atoms with Gasteiger partial charge in [-0.05, 0) is 24.0 Å². The summed E-state index contributed by atoms with van der Waals surface area (Å²) in [6, 6.07) is 7.62. The molecule has 2 heterocycles. The molecule has 0 bridgehead atoms. The molecule has 2 aromatic rings. The van der Waals surface area contributed by atoms with Gasteiger partial charge in [0.15, 0.2) is 0 Å². The van der Waals surface area contributed by atoms with Gasteiger partial charge >= 0.3 is 0 Å². The molecule has 0 spiro atoms. The number of aryl methyl sites for hydroxylation is 1. The van der Waals surface area contributed by atoms with Crippen molar-refractivity contribution in [3.8, 4) is 11.1 Å². The molecule has 2 amide bonds. The standard InChI is InChI=1S/C18H22N4O2/c1-13(23)22-9-5-8-17(22)18(24)19-10-14-6-3-4-7-16(14)15-11-20-21(2)12-15/h3-4,6-7,11-12,17H,5,8-10H2,1-2H3,(H,19,24). The minimum Gasteiger partial charge on any atom is -0.350 e. The van der Waals surface area contributed by atoms with E-state index in [9.17, 15) is 9.59 Å². The largest absolute Gasteiger partial charge is 0.350 e. The van der Waals surface area contributed by atoms with Crippen LogP contribution in [0.1, 0.15) is 25.3 Å². The molecule has 126 valence electrons. The highest BCUT2D eigenvalue weighted by Gasteiger charge is 2.32. The van der Waals surface area contributed by atoms with Crippen molar-refractivity contribution in [3.05, 3.63) is 42.2 Å². The van der Waals surface area contributed by atoms with E-state index in [-0.39, 0.29) is 17.9 Å². The molecule has 1 fully saturated rings. The third kappa shape index (κ3) is 3.32. The summed E-state index contributed by atoms with van der Waals surface area (Å²) in [5, 5.41) is 7.19. The first kappa shape index (κ1) is 16.2. The fraction of sp³-hybridized carbons (Fsp3) is 0.389. The predicted molar refractivity (Wildman–Crippen MR) is 90.9 cm³/mol. The van der Waals surface area contributed by atoms with E-state index in [1.807, 2.05) is 43.7 Å². The first-order valence-corrected chi connectivity index (χ1v) is 8.18. The average molecular weight is 326 g/mol. The van der Waals surface area contributed by atoms with Gasteiger partial charge in [0.25, 0.3) is 0 Å². The SMILES string of the molecule is CC(=O)N1CCCC1C(=O)NCc1ccccc1-c1cnn(C)c1. The van der Waals surface area contributed by atoms with E-state index in [1.165, 1.54) is 6.92 Å². The molecule has 0 saturated carbocycles. The number of carbonyl (C=O) groups is 2. The lowest BCUT2D eigenvalue weighted by Crippen LogP contribution is -2.44. The Bertz CT molecular complexity index is 753. The molecule has 1 aliphatic heterocycles. The van der Waals surface area contributed by atoms with E-state index in [4.69, 9.17) is 0 Å². The van der Waals surface area contributed by atoms with Gasteiger partial charge in [-0.15, -0.1) is 0 Å². The molecule has 1 aromatic heterocycles. The van der Waals surface area contributed by atoms with Crippen molar-refractivity contribution < 1.29 is 9.59 Å². The van der Waals surface area contributed by atoms with Crippen LogP contribution in [0.3, 0.4) is 0 Å². The van der Waals surface area contributed by atoms with E-state index in [0.29, 0.717) is 13.1 Å². The van der Waals surface area contributed by atoms with Gasteiger partial charge in [0.2, 0.25) is 11.8 Å². The average Bonchev–Trinajstić information content (AvgIpc) is 3.22. The number of likely N-dealkylation sites (tertiary alicyclic amines) is 1. The van der Waals surface area contributed by atoms with E-state index < -0.39 is 0 Å². The van der Waals surface area contributed by atoms with Crippen LogP contribution in [0.5, 0.6) is 0 Å². The molecule has 1 N–H and O–H groups in total. The molecule has 6 heteroatoms. The number of hydrogen-bond acceptors (Lipinski definition) is 3. The molecular weight excluding hydrogens is 304 g/mol. The van der Waals surface area contributed by atoms with Crippen LogP contribution in [0.25, 0.3) is 11.1 Å². The summed E-state index contributed by atoms with van der Waals surface area (Å²) in [5.41, 5.74) is 3.11. The van der Waals surface area contributed by atoms with Gasteiger partial charge in [-0.1, -0.05) is 24.3 Å². The molecule has 0 radical (unpaired) electrons. The van der Waals surface area contributed by atoms with Gasteiger partial charge in [0.1, 0.15) is 6.04 Å². The Morgan fingerprint density at radius 3 is 2.83 bits per heavy atom. The van der Waals surface area contributed by atoms with Crippen molar-refractivity contribution in [2.45, 2.75) is 32.4 Å². The molecule has 6 nitrogen and oxygen atoms in total. The Kier molecular flexibility index (Phi) is 4.64. The van der Waals surface area contributed by atoms with Crippen LogP contribution in [0.2, 0.25) is 0 Å². The van der Waals surface area contributed by atoms with Crippen molar-refractivity contribution in [1.29, 1.82) is 0 Å². The number of benzene rings is 1. The zero-order valence-electron chi connectivity index (χ0n) is 14.0. The van der Waals surface area contributed by atoms with Crippen LogP contribution >= 0.6 is 0 Å². The molecule has 3 rings (SSSR count). The Hall–Kier alpha value is -2.63. The number of hydrogen-bond donors (Lipinski definition) is 1. The van der Waals surface area contributed by atoms with Crippen molar-refractivity contribution >= 4 is 11.8 Å². The number of rotatable bonds is 4. The normalized spacial score (nSPS) is 17.1. The number of nitrogens with zero attached hydrogens (tertiary/aromatic N) is 3. The predicted octanol–water partition coefficient (Wildman–Crippen LogP) is 1.71. The van der Waals surface area contributed by atoms with Crippen molar-refractivity contribution in [3.63, 3.8) is 0 Å². The Morgan fingerprint density at radius 2 is 2.12 bits per heavy atom. The molecular formula is C18H22N4O2. The highest BCUT2D eigenvalue weighted by molar-refractivity contribution is 5.87. The van der Waals surface area contributed by atoms with Gasteiger partial charge in [-0.25, -0.2) is 0 Å². The lowest BCUT2D eigenvalue weighted by molar-refractivity contribution is -0.136. The maximum Gasteiger partial charge on any atom is 0.243 e. The topological polar surface area (TPSA) is 67.2 Å². The quantitative estimate of drug-likeness (QED) is 0.930. The smallest absolute Gasteiger partial charge is 0.243 e. The lowest BCUT2D eigenvalue weighted by Gasteiger charge is -2.22. The van der Waals surface area contributed by atoms with Crippen LogP contribution in [-0.2, 0) is 23.2 Å². The fourth-order valence-corrected chi connectivity index (χ4v) is 3.23. The number of nitrogens with one attached hydrogen (secondary N) is 1. The zero-order chi connectivity index (χ0) is 17.1. The maximum atomic E-state index is 12.5. The van der Waals surface area contributed by atoms with E-state index in [1.54, 1.807) is 9.58 Å². The van der Waals surface area contributed by atoms with Crippen LogP contribution in [0.15, 0.2) is 36.7 Å². The van der Waals surface area contributed by atoms with Crippen LogP contribution < -0.4 is 5.32 Å². The van der Waals surface area contributed by atoms with Gasteiger partial charge in [-0.3, -0.25) is 14.3 Å². The minimum absolute atomic E-state index is 0.0385. The molecule has 1 atom stereocenters. The Labute approximate surface area is 141 Å². The highest BCUT2D eigenvalue weighted by Crippen LogP contribution is 2.23. The van der Waals surface area contributed by atoms with E-state index >= 15 is 0 Å². The second-order valence-electron chi connectivity index (χ2n) is 6.15. The summed E-state index contributed by atoms with van der Waals surface area (Å²) in [4.78, 5) is 25.7.